The van der Waals surface area contributed by atoms with E-state index in [2.05, 4.69) is 15.0 Å². The molecule has 0 radical (unpaired) electrons. The SMILES string of the molecule is Cc1ccccc1CC(=O)OCC(=O)Nc1ccon1. The molecule has 0 spiro atoms. The molecule has 0 saturated heterocycles. The van der Waals surface area contributed by atoms with E-state index >= 15 is 0 Å². The summed E-state index contributed by atoms with van der Waals surface area (Å²) in [6.07, 6.45) is 1.48. The molecule has 2 rings (SSSR count). The van der Waals surface area contributed by atoms with Crippen LogP contribution in [0, 0.1) is 6.92 Å². The number of benzene rings is 1. The molecule has 104 valence electrons. The minimum atomic E-state index is -0.461. The lowest BCUT2D eigenvalue weighted by Gasteiger charge is -2.06. The van der Waals surface area contributed by atoms with Gasteiger partial charge in [-0.25, -0.2) is 0 Å². The van der Waals surface area contributed by atoms with Crippen molar-refractivity contribution in [2.45, 2.75) is 13.3 Å². The molecule has 1 aromatic heterocycles. The molecule has 0 unspecified atom stereocenters. The molecule has 0 atom stereocenters. The van der Waals surface area contributed by atoms with E-state index in [1.54, 1.807) is 0 Å². The number of ether oxygens (including phenoxy) is 1. The Hall–Kier alpha value is -2.63. The first-order chi connectivity index (χ1) is 9.65. The van der Waals surface area contributed by atoms with Crippen LogP contribution in [0.5, 0.6) is 0 Å². The van der Waals surface area contributed by atoms with Crippen molar-refractivity contribution in [1.29, 1.82) is 0 Å². The maximum Gasteiger partial charge on any atom is 0.310 e. The Morgan fingerprint density at radius 1 is 1.30 bits per heavy atom. The molecule has 0 aliphatic rings. The summed E-state index contributed by atoms with van der Waals surface area (Å²) in [4.78, 5) is 23.1. The Morgan fingerprint density at radius 3 is 2.80 bits per heavy atom. The maximum absolute atomic E-state index is 11.6. The minimum Gasteiger partial charge on any atom is -0.455 e. The zero-order valence-electron chi connectivity index (χ0n) is 11.0. The first-order valence-corrected chi connectivity index (χ1v) is 6.05. The van der Waals surface area contributed by atoms with E-state index in [-0.39, 0.29) is 18.8 Å². The van der Waals surface area contributed by atoms with Crippen molar-refractivity contribution in [1.82, 2.24) is 5.16 Å². The van der Waals surface area contributed by atoms with Gasteiger partial charge in [-0.3, -0.25) is 9.59 Å². The molecular weight excluding hydrogens is 260 g/mol. The monoisotopic (exact) mass is 274 g/mol. The Balaban J connectivity index is 1.78. The fraction of sp³-hybridized carbons (Fsp3) is 0.214. The van der Waals surface area contributed by atoms with Crippen LogP contribution in [0.3, 0.4) is 0 Å². The van der Waals surface area contributed by atoms with Crippen LogP contribution in [0.15, 0.2) is 41.1 Å². The van der Waals surface area contributed by atoms with Crippen LogP contribution in [0.1, 0.15) is 11.1 Å². The highest BCUT2D eigenvalue weighted by molar-refractivity contribution is 5.91. The molecule has 0 aliphatic carbocycles. The zero-order valence-corrected chi connectivity index (χ0v) is 11.0. The van der Waals surface area contributed by atoms with Gasteiger partial charge in [0.05, 0.1) is 6.42 Å². The zero-order chi connectivity index (χ0) is 14.4. The molecule has 0 aliphatic heterocycles. The minimum absolute atomic E-state index is 0.143. The lowest BCUT2D eigenvalue weighted by Crippen LogP contribution is -2.21. The van der Waals surface area contributed by atoms with Crippen molar-refractivity contribution in [2.75, 3.05) is 11.9 Å². The van der Waals surface area contributed by atoms with E-state index in [4.69, 9.17) is 4.74 Å². The van der Waals surface area contributed by atoms with Crippen LogP contribution >= 0.6 is 0 Å². The second-order valence-corrected chi connectivity index (χ2v) is 4.20. The molecule has 20 heavy (non-hydrogen) atoms. The number of carbonyl (C=O) groups excluding carboxylic acids is 2. The molecule has 2 aromatic rings. The van der Waals surface area contributed by atoms with Gasteiger partial charge >= 0.3 is 5.97 Å². The molecule has 1 heterocycles. The predicted molar refractivity (Wildman–Crippen MR) is 71.0 cm³/mol. The standard InChI is InChI=1S/C14H14N2O4/c1-10-4-2-3-5-11(10)8-14(18)19-9-13(17)15-12-6-7-20-16-12/h2-7H,8-9H2,1H3,(H,15,16,17). The average molecular weight is 274 g/mol. The number of aromatic nitrogens is 1. The van der Waals surface area contributed by atoms with Gasteiger partial charge in [-0.1, -0.05) is 29.4 Å². The summed E-state index contributed by atoms with van der Waals surface area (Å²) in [6, 6.07) is 9.02. The number of esters is 1. The molecule has 1 amide bonds. The van der Waals surface area contributed by atoms with Crippen LogP contribution in [-0.4, -0.2) is 23.6 Å². The third-order valence-corrected chi connectivity index (χ3v) is 2.67. The summed E-state index contributed by atoms with van der Waals surface area (Å²) in [5.74, 6) is -0.628. The fourth-order valence-electron chi connectivity index (χ4n) is 1.62. The first-order valence-electron chi connectivity index (χ1n) is 6.05. The number of carbonyl (C=O) groups is 2. The van der Waals surface area contributed by atoms with Gasteiger partial charge in [0, 0.05) is 6.07 Å². The number of aryl methyl sites for hydroxylation is 1. The van der Waals surface area contributed by atoms with Crippen LogP contribution in [-0.2, 0) is 20.7 Å². The number of amides is 1. The maximum atomic E-state index is 11.6. The van der Waals surface area contributed by atoms with Crippen molar-refractivity contribution in [3.63, 3.8) is 0 Å². The summed E-state index contributed by atoms with van der Waals surface area (Å²) in [6.45, 7) is 1.57. The Kier molecular flexibility index (Phi) is 4.49. The summed E-state index contributed by atoms with van der Waals surface area (Å²) in [5.41, 5.74) is 1.89. The molecule has 0 fully saturated rings. The smallest absolute Gasteiger partial charge is 0.310 e. The highest BCUT2D eigenvalue weighted by atomic mass is 16.5. The van der Waals surface area contributed by atoms with Gasteiger partial charge in [-0.15, -0.1) is 0 Å². The summed E-state index contributed by atoms with van der Waals surface area (Å²) >= 11 is 0. The molecule has 0 saturated carbocycles. The van der Waals surface area contributed by atoms with Crippen LogP contribution in [0.2, 0.25) is 0 Å². The van der Waals surface area contributed by atoms with E-state index < -0.39 is 11.9 Å². The summed E-state index contributed by atoms with van der Waals surface area (Å²) in [5, 5.41) is 5.95. The topological polar surface area (TPSA) is 81.4 Å². The van der Waals surface area contributed by atoms with Crippen molar-refractivity contribution in [2.24, 2.45) is 0 Å². The van der Waals surface area contributed by atoms with E-state index in [0.29, 0.717) is 0 Å². The largest absolute Gasteiger partial charge is 0.455 e. The lowest BCUT2D eigenvalue weighted by atomic mass is 10.1. The van der Waals surface area contributed by atoms with Gasteiger partial charge in [-0.05, 0) is 18.1 Å². The molecule has 1 aromatic carbocycles. The van der Waals surface area contributed by atoms with Crippen molar-refractivity contribution in [3.05, 3.63) is 47.7 Å². The van der Waals surface area contributed by atoms with E-state index in [0.717, 1.165) is 11.1 Å². The first kappa shape index (κ1) is 13.8. The molecule has 0 bridgehead atoms. The highest BCUT2D eigenvalue weighted by Crippen LogP contribution is 2.08. The van der Waals surface area contributed by atoms with E-state index in [9.17, 15) is 9.59 Å². The van der Waals surface area contributed by atoms with Crippen LogP contribution in [0.4, 0.5) is 5.82 Å². The van der Waals surface area contributed by atoms with Gasteiger partial charge in [0.25, 0.3) is 5.91 Å². The number of hydrogen-bond acceptors (Lipinski definition) is 5. The van der Waals surface area contributed by atoms with Gasteiger partial charge in [0.15, 0.2) is 12.4 Å². The fourth-order valence-corrected chi connectivity index (χ4v) is 1.62. The lowest BCUT2D eigenvalue weighted by molar-refractivity contribution is -0.146. The number of anilines is 1. The highest BCUT2D eigenvalue weighted by Gasteiger charge is 2.10. The van der Waals surface area contributed by atoms with Gasteiger partial charge < -0.3 is 14.6 Å². The molecule has 6 nitrogen and oxygen atoms in total. The molecule has 1 N–H and O–H groups in total. The number of hydrogen-bond donors (Lipinski definition) is 1. The Morgan fingerprint density at radius 2 is 2.10 bits per heavy atom. The Labute approximate surface area is 115 Å². The van der Waals surface area contributed by atoms with Crippen molar-refractivity contribution in [3.8, 4) is 0 Å². The second kappa shape index (κ2) is 6.51. The van der Waals surface area contributed by atoms with Gasteiger partial charge in [-0.2, -0.15) is 0 Å². The third-order valence-electron chi connectivity index (χ3n) is 2.67. The van der Waals surface area contributed by atoms with E-state index in [1.165, 1.54) is 12.3 Å². The predicted octanol–water partition coefficient (Wildman–Crippen LogP) is 1.71. The average Bonchev–Trinajstić information content (AvgIpc) is 2.92. The van der Waals surface area contributed by atoms with Gasteiger partial charge in [0.2, 0.25) is 0 Å². The Bertz CT molecular complexity index is 593. The van der Waals surface area contributed by atoms with Gasteiger partial charge in [0.1, 0.15) is 6.26 Å². The summed E-state index contributed by atoms with van der Waals surface area (Å²) < 4.78 is 9.46. The van der Waals surface area contributed by atoms with Crippen molar-refractivity contribution >= 4 is 17.7 Å². The normalized spacial score (nSPS) is 10.1. The second-order valence-electron chi connectivity index (χ2n) is 4.20. The number of nitrogens with one attached hydrogen (secondary N) is 1. The molecule has 6 heteroatoms. The van der Waals surface area contributed by atoms with Crippen molar-refractivity contribution < 1.29 is 18.8 Å². The quantitative estimate of drug-likeness (QED) is 0.839. The van der Waals surface area contributed by atoms with Crippen LogP contribution < -0.4 is 5.32 Å². The molecular formula is C14H14N2O4. The van der Waals surface area contributed by atoms with E-state index in [1.807, 2.05) is 31.2 Å². The summed E-state index contributed by atoms with van der Waals surface area (Å²) in [7, 11) is 0. The third kappa shape index (κ3) is 3.94. The van der Waals surface area contributed by atoms with Crippen LogP contribution in [0.25, 0.3) is 0 Å². The number of rotatable bonds is 5. The number of nitrogens with zero attached hydrogens (tertiary/aromatic N) is 1.